The van der Waals surface area contributed by atoms with Crippen molar-refractivity contribution >= 4 is 46.1 Å². The predicted molar refractivity (Wildman–Crippen MR) is 113 cm³/mol. The number of thioether (sulfide) groups is 1. The molecule has 2 amide bonds. The van der Waals surface area contributed by atoms with E-state index in [1.807, 2.05) is 60.5 Å². The number of imide groups is 1. The number of hydrogen-bond donors (Lipinski definition) is 1. The van der Waals surface area contributed by atoms with Gasteiger partial charge in [0.05, 0.1) is 11.5 Å². The van der Waals surface area contributed by atoms with Crippen molar-refractivity contribution in [2.24, 2.45) is 0 Å². The number of hydrogen-bond acceptors (Lipinski definition) is 7. The van der Waals surface area contributed by atoms with E-state index in [0.717, 1.165) is 47.1 Å². The second-order valence-corrected chi connectivity index (χ2v) is 7.52. The molecule has 2 aromatic carbocycles. The maximum atomic E-state index is 11.6. The van der Waals surface area contributed by atoms with Crippen LogP contribution < -0.4 is 15.0 Å². The van der Waals surface area contributed by atoms with Crippen molar-refractivity contribution < 1.29 is 18.7 Å². The monoisotopic (exact) mass is 409 g/mol. The lowest BCUT2D eigenvalue weighted by molar-refractivity contribution is -0.115. The first-order valence-corrected chi connectivity index (χ1v) is 9.94. The van der Waals surface area contributed by atoms with E-state index >= 15 is 0 Å². The molecule has 1 fully saturated rings. The predicted octanol–water partition coefficient (Wildman–Crippen LogP) is 4.06. The zero-order valence-electron chi connectivity index (χ0n) is 15.8. The van der Waals surface area contributed by atoms with Crippen LogP contribution in [0.4, 0.5) is 10.8 Å². The number of fused-ring (bicyclic) bond motifs is 1. The van der Waals surface area contributed by atoms with Crippen molar-refractivity contribution in [3.8, 4) is 5.75 Å². The minimum absolute atomic E-state index is 0.344. The first kappa shape index (κ1) is 19.1. The Labute approximate surface area is 171 Å². The highest BCUT2D eigenvalue weighted by molar-refractivity contribution is 8.18. The van der Waals surface area contributed by atoms with E-state index in [1.165, 1.54) is 0 Å². The highest BCUT2D eigenvalue weighted by atomic mass is 32.2. The smallest absolute Gasteiger partial charge is 0.298 e. The Morgan fingerprint density at radius 3 is 2.69 bits per heavy atom. The van der Waals surface area contributed by atoms with Gasteiger partial charge < -0.3 is 14.1 Å². The summed E-state index contributed by atoms with van der Waals surface area (Å²) >= 11 is 0.904. The van der Waals surface area contributed by atoms with Gasteiger partial charge in [0, 0.05) is 13.6 Å². The Balaban J connectivity index is 1.26. The van der Waals surface area contributed by atoms with Crippen LogP contribution in [0.5, 0.6) is 5.75 Å². The summed E-state index contributed by atoms with van der Waals surface area (Å²) in [5.74, 6) is 0.389. The summed E-state index contributed by atoms with van der Waals surface area (Å²) in [4.78, 5) is 29.6. The fourth-order valence-electron chi connectivity index (χ4n) is 2.84. The van der Waals surface area contributed by atoms with Gasteiger partial charge in [-0.25, -0.2) is 0 Å². The Morgan fingerprint density at radius 2 is 1.97 bits per heavy atom. The average molecular weight is 409 g/mol. The molecule has 148 valence electrons. The second kappa shape index (κ2) is 8.40. The molecule has 1 N–H and O–H groups in total. The largest absolute Gasteiger partial charge is 0.494 e. The lowest BCUT2D eigenvalue weighted by Crippen LogP contribution is -2.20. The maximum Gasteiger partial charge on any atom is 0.298 e. The fourth-order valence-corrected chi connectivity index (χ4v) is 3.53. The van der Waals surface area contributed by atoms with Crippen molar-refractivity contribution in [2.45, 2.75) is 6.42 Å². The molecular weight excluding hydrogens is 390 g/mol. The van der Waals surface area contributed by atoms with Crippen LogP contribution in [-0.2, 0) is 4.79 Å². The van der Waals surface area contributed by atoms with Crippen molar-refractivity contribution in [3.63, 3.8) is 0 Å². The molecule has 1 saturated heterocycles. The van der Waals surface area contributed by atoms with Crippen LogP contribution in [0.3, 0.4) is 0 Å². The minimum Gasteiger partial charge on any atom is -0.494 e. The Kier molecular flexibility index (Phi) is 5.53. The molecule has 8 heteroatoms. The van der Waals surface area contributed by atoms with E-state index in [9.17, 15) is 9.59 Å². The number of benzene rings is 2. The van der Waals surface area contributed by atoms with Gasteiger partial charge >= 0.3 is 0 Å². The summed E-state index contributed by atoms with van der Waals surface area (Å²) in [5, 5.41) is 1.89. The number of rotatable bonds is 7. The summed E-state index contributed by atoms with van der Waals surface area (Å²) < 4.78 is 11.5. The Morgan fingerprint density at radius 1 is 1.17 bits per heavy atom. The summed E-state index contributed by atoms with van der Waals surface area (Å²) in [6, 6.07) is 15.7. The molecule has 0 bridgehead atoms. The van der Waals surface area contributed by atoms with E-state index in [2.05, 4.69) is 10.3 Å². The number of nitrogens with one attached hydrogen (secondary N) is 1. The first-order chi connectivity index (χ1) is 14.1. The number of ether oxygens (including phenoxy) is 1. The number of carbonyl (C=O) groups excluding carboxylic acids is 2. The molecular formula is C21H19N3O4S. The molecule has 0 atom stereocenters. The number of carbonyl (C=O) groups is 2. The normalized spacial score (nSPS) is 15.1. The van der Waals surface area contributed by atoms with Gasteiger partial charge in [0.15, 0.2) is 5.58 Å². The van der Waals surface area contributed by atoms with E-state index in [1.54, 1.807) is 6.08 Å². The molecule has 7 nitrogen and oxygen atoms in total. The van der Waals surface area contributed by atoms with E-state index in [0.29, 0.717) is 17.5 Å². The molecule has 3 aromatic rings. The molecule has 2 heterocycles. The quantitative estimate of drug-likeness (QED) is 0.465. The third-order valence-corrected chi connectivity index (χ3v) is 5.15. The summed E-state index contributed by atoms with van der Waals surface area (Å²) in [6.45, 7) is 1.30. The van der Waals surface area contributed by atoms with Gasteiger partial charge in [-0.1, -0.05) is 24.3 Å². The lowest BCUT2D eigenvalue weighted by atomic mass is 10.2. The molecule has 0 unspecified atom stereocenters. The van der Waals surface area contributed by atoms with Gasteiger partial charge in [-0.05, 0) is 54.1 Å². The van der Waals surface area contributed by atoms with Gasteiger partial charge in [0.1, 0.15) is 11.3 Å². The van der Waals surface area contributed by atoms with Crippen LogP contribution in [0.25, 0.3) is 17.2 Å². The van der Waals surface area contributed by atoms with Crippen LogP contribution in [-0.4, -0.2) is 36.3 Å². The third kappa shape index (κ3) is 4.60. The highest BCUT2D eigenvalue weighted by Gasteiger charge is 2.24. The molecule has 29 heavy (non-hydrogen) atoms. The zero-order chi connectivity index (χ0) is 20.2. The molecule has 0 radical (unpaired) electrons. The summed E-state index contributed by atoms with van der Waals surface area (Å²) in [5.41, 5.74) is 2.46. The molecule has 0 saturated carbocycles. The van der Waals surface area contributed by atoms with Crippen LogP contribution >= 0.6 is 11.8 Å². The van der Waals surface area contributed by atoms with Crippen LogP contribution in [0.2, 0.25) is 0 Å². The van der Waals surface area contributed by atoms with Crippen LogP contribution in [0, 0.1) is 0 Å². The third-order valence-electron chi connectivity index (χ3n) is 4.34. The Bertz CT molecular complexity index is 1040. The highest BCUT2D eigenvalue weighted by Crippen LogP contribution is 2.26. The number of para-hydroxylation sites is 2. The standard InChI is InChI=1S/C21H19N3O4S/c1-24(20-22-16-5-2-3-6-17(16)28-20)11-4-12-27-15-9-7-14(8-10-15)13-18-19(25)23-21(26)29-18/h2-3,5-10,13H,4,11-12H2,1H3,(H,23,25,26)/b18-13-. The lowest BCUT2D eigenvalue weighted by Gasteiger charge is -2.14. The van der Waals surface area contributed by atoms with Crippen LogP contribution in [0.15, 0.2) is 57.9 Å². The van der Waals surface area contributed by atoms with Gasteiger partial charge in [0.25, 0.3) is 17.2 Å². The number of oxazole rings is 1. The topological polar surface area (TPSA) is 84.7 Å². The van der Waals surface area contributed by atoms with Gasteiger partial charge in [-0.2, -0.15) is 4.98 Å². The summed E-state index contributed by atoms with van der Waals surface area (Å²) in [6.07, 6.45) is 2.49. The molecule has 0 spiro atoms. The average Bonchev–Trinajstić information content (AvgIpc) is 3.29. The second-order valence-electron chi connectivity index (χ2n) is 6.51. The van der Waals surface area contributed by atoms with Gasteiger partial charge in [-0.15, -0.1) is 0 Å². The van der Waals surface area contributed by atoms with Crippen LogP contribution in [0.1, 0.15) is 12.0 Å². The summed E-state index contributed by atoms with van der Waals surface area (Å²) in [7, 11) is 1.94. The zero-order valence-corrected chi connectivity index (χ0v) is 16.6. The Hall–Kier alpha value is -3.26. The number of anilines is 1. The number of nitrogens with zero attached hydrogens (tertiary/aromatic N) is 2. The molecule has 1 aliphatic rings. The number of amides is 2. The molecule has 4 rings (SSSR count). The SMILES string of the molecule is CN(CCCOc1ccc(/C=C2\SC(=O)NC2=O)cc1)c1nc2ccccc2o1. The minimum atomic E-state index is -0.358. The van der Waals surface area contributed by atoms with E-state index in [4.69, 9.17) is 9.15 Å². The van der Waals surface area contributed by atoms with E-state index < -0.39 is 0 Å². The van der Waals surface area contributed by atoms with Crippen molar-refractivity contribution in [1.29, 1.82) is 0 Å². The maximum absolute atomic E-state index is 11.6. The van der Waals surface area contributed by atoms with Gasteiger partial charge in [0.2, 0.25) is 0 Å². The molecule has 0 aliphatic carbocycles. The molecule has 1 aromatic heterocycles. The molecule has 1 aliphatic heterocycles. The number of aromatic nitrogens is 1. The van der Waals surface area contributed by atoms with Crippen molar-refractivity contribution in [2.75, 3.05) is 25.1 Å². The van der Waals surface area contributed by atoms with Crippen molar-refractivity contribution in [1.82, 2.24) is 10.3 Å². The van der Waals surface area contributed by atoms with E-state index in [-0.39, 0.29) is 11.1 Å². The van der Waals surface area contributed by atoms with Gasteiger partial charge in [-0.3, -0.25) is 14.9 Å². The fraction of sp³-hybridized carbons (Fsp3) is 0.190. The van der Waals surface area contributed by atoms with Crippen molar-refractivity contribution in [3.05, 3.63) is 59.0 Å². The first-order valence-electron chi connectivity index (χ1n) is 9.13.